The molecule has 37 valence electrons. The Labute approximate surface area is 47.3 Å². The predicted octanol–water partition coefficient (Wildman–Crippen LogP) is 1.62. The number of thioether (sulfide) groups is 1. The van der Waals surface area contributed by atoms with Gasteiger partial charge in [0.15, 0.2) is 0 Å². The molecule has 0 fully saturated rings. The van der Waals surface area contributed by atoms with Gasteiger partial charge in [0.25, 0.3) is 0 Å². The first-order chi connectivity index (χ1) is 2.41. The molecule has 0 nitrogen and oxygen atoms in total. The summed E-state index contributed by atoms with van der Waals surface area (Å²) in [5.74, 6) is 0. The van der Waals surface area contributed by atoms with Crippen LogP contribution < -0.4 is 0 Å². The summed E-state index contributed by atoms with van der Waals surface area (Å²) in [5, 5.41) is 0. The maximum atomic E-state index is 2.04. The van der Waals surface area contributed by atoms with Gasteiger partial charge in [-0.1, -0.05) is 13.8 Å². The second-order valence-corrected chi connectivity index (χ2v) is 1.22. The van der Waals surface area contributed by atoms with Gasteiger partial charge in [-0.15, -0.1) is 0 Å². The largest absolute Gasteiger partial charge is 0.169 e. The first-order valence-corrected chi connectivity index (χ1v) is 3.45. The average Bonchev–Trinajstić information content (AvgIpc) is 1.46. The monoisotopic (exact) mass is 103 g/mol. The summed E-state index contributed by atoms with van der Waals surface area (Å²) in [7, 11) is 0. The van der Waals surface area contributed by atoms with Crippen molar-refractivity contribution in [3.8, 4) is 0 Å². The van der Waals surface area contributed by atoms with Crippen molar-refractivity contribution >= 4 is 20.2 Å². The molecule has 0 amide bonds. The van der Waals surface area contributed by atoms with Crippen LogP contribution in [0.15, 0.2) is 0 Å². The second-order valence-electron chi connectivity index (χ2n) is 0.408. The van der Waals surface area contributed by atoms with Crippen molar-refractivity contribution in [2.75, 3.05) is 12.5 Å². The fourth-order valence-corrected chi connectivity index (χ4v) is 0. The summed E-state index contributed by atoms with van der Waals surface area (Å²) < 4.78 is 0. The number of hydrogen-bond donors (Lipinski definition) is 0. The van der Waals surface area contributed by atoms with Crippen molar-refractivity contribution in [3.05, 3.63) is 0 Å². The molecule has 0 aromatic carbocycles. The van der Waals surface area contributed by atoms with Crippen LogP contribution in [0.25, 0.3) is 0 Å². The molecule has 0 saturated heterocycles. The van der Waals surface area contributed by atoms with Gasteiger partial charge in [0, 0.05) is 8.41 Å². The van der Waals surface area contributed by atoms with E-state index < -0.39 is 0 Å². The van der Waals surface area contributed by atoms with Gasteiger partial charge in [0.1, 0.15) is 0 Å². The van der Waals surface area contributed by atoms with Crippen LogP contribution in [0.5, 0.6) is 0 Å². The first-order valence-electron chi connectivity index (χ1n) is 1.82. The van der Waals surface area contributed by atoms with E-state index in [1.54, 1.807) is 11.8 Å². The van der Waals surface area contributed by atoms with Crippen molar-refractivity contribution < 1.29 is 0 Å². The van der Waals surface area contributed by atoms with Crippen LogP contribution in [0, 0.1) is 0 Å². The number of rotatable bonds is 0. The summed E-state index contributed by atoms with van der Waals surface area (Å²) >= 11 is 1.75. The van der Waals surface area contributed by atoms with E-state index in [2.05, 4.69) is 0 Å². The van der Waals surface area contributed by atoms with E-state index in [1.807, 2.05) is 26.4 Å². The third kappa shape index (κ3) is 299. The summed E-state index contributed by atoms with van der Waals surface area (Å²) in [4.78, 5) is 0. The molecular weight excluding hydrogens is 90.9 g/mol. The van der Waals surface area contributed by atoms with Gasteiger partial charge in [-0.25, -0.2) is 0 Å². The topological polar surface area (TPSA) is 0 Å². The van der Waals surface area contributed by atoms with Crippen LogP contribution in [0.3, 0.4) is 0 Å². The van der Waals surface area contributed by atoms with Crippen LogP contribution >= 0.6 is 11.8 Å². The lowest BCUT2D eigenvalue weighted by Gasteiger charge is -1.51. The average molecular weight is 103 g/mol. The van der Waals surface area contributed by atoms with Crippen molar-refractivity contribution in [2.45, 2.75) is 13.8 Å². The van der Waals surface area contributed by atoms with Gasteiger partial charge in [-0.05, 0) is 12.5 Å². The molecule has 0 aliphatic rings. The molecule has 0 aromatic heterocycles. The Balaban J connectivity index is -0.0000000275. The van der Waals surface area contributed by atoms with Crippen LogP contribution in [-0.4, -0.2) is 20.9 Å². The molecule has 0 N–H and O–H groups in total. The van der Waals surface area contributed by atoms with Gasteiger partial charge >= 0.3 is 0 Å². The zero-order chi connectivity index (χ0) is 4.71. The van der Waals surface area contributed by atoms with Gasteiger partial charge < -0.3 is 0 Å². The molecule has 0 heterocycles. The van der Waals surface area contributed by atoms with Crippen molar-refractivity contribution in [1.82, 2.24) is 0 Å². The summed E-state index contributed by atoms with van der Waals surface area (Å²) in [6, 6.07) is 0. The molecule has 0 bridgehead atoms. The molecule has 3 radical (unpaired) electrons. The standard InChI is InChI=1S/C2H6S.C2H6.B/c1-3-2;1-2;/h1-2H3;1-2H3;. The van der Waals surface area contributed by atoms with E-state index in [0.29, 0.717) is 0 Å². The SMILES string of the molecule is CC.CSC.[B]. The quantitative estimate of drug-likeness (QED) is 0.420. The molecule has 2 heteroatoms. The molecule has 0 saturated carbocycles. The first kappa shape index (κ1) is 16.1. The van der Waals surface area contributed by atoms with Crippen molar-refractivity contribution in [1.29, 1.82) is 0 Å². The van der Waals surface area contributed by atoms with Crippen LogP contribution in [0.4, 0.5) is 0 Å². The Morgan fingerprint density at radius 1 is 1.00 bits per heavy atom. The lowest BCUT2D eigenvalue weighted by Crippen LogP contribution is -1.25. The highest BCUT2D eigenvalue weighted by molar-refractivity contribution is 7.97. The molecule has 0 rings (SSSR count). The van der Waals surface area contributed by atoms with E-state index >= 15 is 0 Å². The highest BCUT2D eigenvalue weighted by Gasteiger charge is 1.32. The Morgan fingerprint density at radius 3 is 1.00 bits per heavy atom. The number of hydrogen-bond acceptors (Lipinski definition) is 1. The fourth-order valence-electron chi connectivity index (χ4n) is 0. The van der Waals surface area contributed by atoms with Crippen LogP contribution in [-0.2, 0) is 0 Å². The second kappa shape index (κ2) is 52.7. The zero-order valence-electron chi connectivity index (χ0n) is 4.99. The fraction of sp³-hybridized carbons (Fsp3) is 1.00. The molecule has 0 atom stereocenters. The van der Waals surface area contributed by atoms with Crippen molar-refractivity contribution in [2.24, 2.45) is 0 Å². The minimum absolute atomic E-state index is 0. The van der Waals surface area contributed by atoms with Gasteiger partial charge in [-0.3, -0.25) is 0 Å². The molecule has 6 heavy (non-hydrogen) atoms. The normalized spacial score (nSPS) is 4.00. The van der Waals surface area contributed by atoms with E-state index in [4.69, 9.17) is 0 Å². The van der Waals surface area contributed by atoms with E-state index in [9.17, 15) is 0 Å². The maximum absolute atomic E-state index is 2.04. The Hall–Kier alpha value is 0.415. The van der Waals surface area contributed by atoms with Crippen LogP contribution in [0.2, 0.25) is 0 Å². The molecule has 0 aliphatic heterocycles. The Bertz CT molecular complexity index is 7.51. The maximum Gasteiger partial charge on any atom is 0 e. The van der Waals surface area contributed by atoms with Crippen LogP contribution in [0.1, 0.15) is 13.8 Å². The smallest absolute Gasteiger partial charge is 0 e. The summed E-state index contributed by atoms with van der Waals surface area (Å²) in [5.41, 5.74) is 0. The summed E-state index contributed by atoms with van der Waals surface area (Å²) in [6.45, 7) is 4.00. The Morgan fingerprint density at radius 2 is 1.00 bits per heavy atom. The van der Waals surface area contributed by atoms with Gasteiger partial charge in [0.2, 0.25) is 0 Å². The van der Waals surface area contributed by atoms with E-state index in [-0.39, 0.29) is 8.41 Å². The van der Waals surface area contributed by atoms with Gasteiger partial charge in [-0.2, -0.15) is 11.8 Å². The third-order valence-corrected chi connectivity index (χ3v) is 0. The zero-order valence-corrected chi connectivity index (χ0v) is 5.80. The van der Waals surface area contributed by atoms with Crippen molar-refractivity contribution in [3.63, 3.8) is 0 Å². The highest BCUT2D eigenvalue weighted by Crippen LogP contribution is 1.70. The van der Waals surface area contributed by atoms with E-state index in [0.717, 1.165) is 0 Å². The Kier molecular flexibility index (Phi) is 142. The molecule has 0 spiro atoms. The minimum atomic E-state index is 0. The van der Waals surface area contributed by atoms with E-state index in [1.165, 1.54) is 0 Å². The minimum Gasteiger partial charge on any atom is -0.169 e. The predicted molar refractivity (Wildman–Crippen MR) is 36.5 cm³/mol. The molecule has 0 unspecified atom stereocenters. The third-order valence-electron chi connectivity index (χ3n) is 0. The lowest BCUT2D eigenvalue weighted by molar-refractivity contribution is 1.50. The lowest BCUT2D eigenvalue weighted by atomic mass is 10.8. The highest BCUT2D eigenvalue weighted by atomic mass is 32.2. The molecule has 0 aliphatic carbocycles. The molecule has 0 aromatic rings. The summed E-state index contributed by atoms with van der Waals surface area (Å²) in [6.07, 6.45) is 4.08. The van der Waals surface area contributed by atoms with Gasteiger partial charge in [0.05, 0.1) is 0 Å². The molecular formula is C4H12BS.